The Bertz CT molecular complexity index is 729. The Balaban J connectivity index is 1.91. The largest absolute Gasteiger partial charge is 0.311 e. The first-order chi connectivity index (χ1) is 11.2. The van der Waals surface area contributed by atoms with E-state index in [2.05, 4.69) is 63.2 Å². The number of hydrogen-bond acceptors (Lipinski definition) is 3. The van der Waals surface area contributed by atoms with Gasteiger partial charge in [-0.25, -0.2) is 4.68 Å². The summed E-state index contributed by atoms with van der Waals surface area (Å²) in [6.45, 7) is 12.4. The monoisotopic (exact) mass is 345 g/mol. The molecule has 1 N–H and O–H groups in total. The molecule has 0 atom stereocenters. The van der Waals surface area contributed by atoms with Crippen molar-refractivity contribution < 1.29 is 4.79 Å². The average molecular weight is 346 g/mol. The van der Waals surface area contributed by atoms with E-state index < -0.39 is 0 Å². The van der Waals surface area contributed by atoms with Crippen molar-refractivity contribution in [3.05, 3.63) is 41.1 Å². The van der Waals surface area contributed by atoms with E-state index in [1.165, 1.54) is 16.0 Å². The van der Waals surface area contributed by atoms with Crippen LogP contribution in [-0.2, 0) is 10.3 Å². The van der Waals surface area contributed by atoms with E-state index >= 15 is 0 Å². The molecule has 130 valence electrons. The molecule has 1 aromatic carbocycles. The molecule has 5 heteroatoms. The third kappa shape index (κ3) is 4.87. The van der Waals surface area contributed by atoms with Crippen LogP contribution in [0, 0.1) is 20.8 Å². The van der Waals surface area contributed by atoms with Crippen LogP contribution in [0.25, 0.3) is 0 Å². The van der Waals surface area contributed by atoms with Gasteiger partial charge < -0.3 is 5.32 Å². The third-order valence-electron chi connectivity index (χ3n) is 3.81. The SMILES string of the molecule is Cc1cc(NC(=O)CCSc2ccc(C)c(C)c2)n(C(C)(C)C)n1. The summed E-state index contributed by atoms with van der Waals surface area (Å²) in [5.41, 5.74) is 3.33. The van der Waals surface area contributed by atoms with Crippen LogP contribution in [0.3, 0.4) is 0 Å². The molecule has 1 aromatic heterocycles. The van der Waals surface area contributed by atoms with E-state index in [0.717, 1.165) is 17.3 Å². The fourth-order valence-electron chi connectivity index (χ4n) is 2.37. The van der Waals surface area contributed by atoms with E-state index in [4.69, 9.17) is 0 Å². The molecule has 0 unspecified atom stereocenters. The molecule has 2 aromatic rings. The Kier molecular flexibility index (Phi) is 5.75. The quantitative estimate of drug-likeness (QED) is 0.800. The highest BCUT2D eigenvalue weighted by molar-refractivity contribution is 7.99. The lowest BCUT2D eigenvalue weighted by Crippen LogP contribution is -2.26. The minimum Gasteiger partial charge on any atom is -0.311 e. The summed E-state index contributed by atoms with van der Waals surface area (Å²) in [7, 11) is 0. The zero-order chi connectivity index (χ0) is 17.9. The van der Waals surface area contributed by atoms with Crippen molar-refractivity contribution in [2.75, 3.05) is 11.1 Å². The van der Waals surface area contributed by atoms with Crippen LogP contribution in [0.1, 0.15) is 44.0 Å². The van der Waals surface area contributed by atoms with Gasteiger partial charge in [0.05, 0.1) is 11.2 Å². The molecule has 1 amide bonds. The molecule has 0 aliphatic heterocycles. The smallest absolute Gasteiger partial charge is 0.226 e. The predicted octanol–water partition coefficient (Wildman–Crippen LogP) is 4.68. The predicted molar refractivity (Wildman–Crippen MR) is 102 cm³/mol. The molecule has 0 aliphatic carbocycles. The number of amides is 1. The van der Waals surface area contributed by atoms with Crippen LogP contribution in [0.5, 0.6) is 0 Å². The molecule has 0 aliphatic rings. The highest BCUT2D eigenvalue weighted by Crippen LogP contribution is 2.23. The van der Waals surface area contributed by atoms with E-state index in [1.54, 1.807) is 11.8 Å². The molecule has 4 nitrogen and oxygen atoms in total. The summed E-state index contributed by atoms with van der Waals surface area (Å²) in [6, 6.07) is 8.33. The molecule has 2 rings (SSSR count). The van der Waals surface area contributed by atoms with E-state index in [0.29, 0.717) is 6.42 Å². The molecule has 0 saturated carbocycles. The molecule has 24 heavy (non-hydrogen) atoms. The van der Waals surface area contributed by atoms with Gasteiger partial charge in [0, 0.05) is 23.1 Å². The second-order valence-corrected chi connectivity index (χ2v) is 8.31. The number of anilines is 1. The lowest BCUT2D eigenvalue weighted by Gasteiger charge is -2.22. The Labute approximate surface area is 149 Å². The van der Waals surface area contributed by atoms with Crippen LogP contribution < -0.4 is 5.32 Å². The fraction of sp³-hybridized carbons (Fsp3) is 0.474. The molecule has 0 spiro atoms. The van der Waals surface area contributed by atoms with E-state index in [-0.39, 0.29) is 11.4 Å². The number of hydrogen-bond donors (Lipinski definition) is 1. The lowest BCUT2D eigenvalue weighted by atomic mass is 10.1. The molecule has 0 fully saturated rings. The molecule has 0 saturated heterocycles. The molecular formula is C19H27N3OS. The topological polar surface area (TPSA) is 46.9 Å². The maximum Gasteiger partial charge on any atom is 0.226 e. The van der Waals surface area contributed by atoms with Crippen LogP contribution in [0.15, 0.2) is 29.2 Å². The van der Waals surface area contributed by atoms with Crippen molar-refractivity contribution >= 4 is 23.5 Å². The number of nitrogens with zero attached hydrogens (tertiary/aromatic N) is 2. The standard InChI is InChI=1S/C19H27N3OS/c1-13-7-8-16(11-14(13)2)24-10-9-18(23)20-17-12-15(3)21-22(17)19(4,5)6/h7-8,11-12H,9-10H2,1-6H3,(H,20,23). The molecular weight excluding hydrogens is 318 g/mol. The Morgan fingerprint density at radius 2 is 1.88 bits per heavy atom. The minimum absolute atomic E-state index is 0.0248. The third-order valence-corrected chi connectivity index (χ3v) is 4.81. The summed E-state index contributed by atoms with van der Waals surface area (Å²) >= 11 is 1.71. The maximum absolute atomic E-state index is 12.2. The second-order valence-electron chi connectivity index (χ2n) is 7.15. The molecule has 1 heterocycles. The Hall–Kier alpha value is -1.75. The Morgan fingerprint density at radius 3 is 2.50 bits per heavy atom. The first-order valence-corrected chi connectivity index (χ1v) is 9.22. The summed E-state index contributed by atoms with van der Waals surface area (Å²) in [5, 5.41) is 7.47. The summed E-state index contributed by atoms with van der Waals surface area (Å²) in [5.74, 6) is 1.55. The summed E-state index contributed by atoms with van der Waals surface area (Å²) < 4.78 is 1.87. The van der Waals surface area contributed by atoms with Gasteiger partial charge in [-0.1, -0.05) is 6.07 Å². The van der Waals surface area contributed by atoms with Crippen LogP contribution in [0.2, 0.25) is 0 Å². The van der Waals surface area contributed by atoms with Gasteiger partial charge in [-0.15, -0.1) is 11.8 Å². The van der Waals surface area contributed by atoms with Crippen molar-refractivity contribution in [1.29, 1.82) is 0 Å². The number of carbonyl (C=O) groups is 1. The van der Waals surface area contributed by atoms with Gasteiger partial charge in [0.15, 0.2) is 0 Å². The Morgan fingerprint density at radius 1 is 1.17 bits per heavy atom. The maximum atomic E-state index is 12.2. The van der Waals surface area contributed by atoms with Crippen molar-refractivity contribution in [3.63, 3.8) is 0 Å². The summed E-state index contributed by atoms with van der Waals surface area (Å²) in [4.78, 5) is 13.5. The van der Waals surface area contributed by atoms with Crippen LogP contribution in [0.4, 0.5) is 5.82 Å². The van der Waals surface area contributed by atoms with E-state index in [9.17, 15) is 4.79 Å². The van der Waals surface area contributed by atoms with Crippen LogP contribution in [-0.4, -0.2) is 21.4 Å². The van der Waals surface area contributed by atoms with Gasteiger partial charge in [-0.05, 0) is 64.8 Å². The van der Waals surface area contributed by atoms with Gasteiger partial charge in [-0.2, -0.15) is 5.10 Å². The number of rotatable bonds is 5. The average Bonchev–Trinajstić information content (AvgIpc) is 2.83. The first kappa shape index (κ1) is 18.6. The summed E-state index contributed by atoms with van der Waals surface area (Å²) in [6.07, 6.45) is 0.478. The normalized spacial score (nSPS) is 11.6. The molecule has 0 bridgehead atoms. The zero-order valence-corrected chi connectivity index (χ0v) is 16.3. The molecule has 0 radical (unpaired) electrons. The second kappa shape index (κ2) is 7.43. The number of nitrogens with one attached hydrogen (secondary N) is 1. The van der Waals surface area contributed by atoms with Gasteiger partial charge in [0.1, 0.15) is 5.82 Å². The number of carbonyl (C=O) groups excluding carboxylic acids is 1. The first-order valence-electron chi connectivity index (χ1n) is 8.24. The van der Waals surface area contributed by atoms with Crippen molar-refractivity contribution in [2.45, 2.75) is 58.4 Å². The highest BCUT2D eigenvalue weighted by atomic mass is 32.2. The number of benzene rings is 1. The van der Waals surface area contributed by atoms with Crippen molar-refractivity contribution in [2.24, 2.45) is 0 Å². The van der Waals surface area contributed by atoms with Crippen molar-refractivity contribution in [1.82, 2.24) is 9.78 Å². The number of aryl methyl sites for hydroxylation is 3. The number of aromatic nitrogens is 2. The van der Waals surface area contributed by atoms with Gasteiger partial charge in [0.25, 0.3) is 0 Å². The highest BCUT2D eigenvalue weighted by Gasteiger charge is 2.19. The van der Waals surface area contributed by atoms with Crippen molar-refractivity contribution in [3.8, 4) is 0 Å². The van der Waals surface area contributed by atoms with Gasteiger partial charge >= 0.3 is 0 Å². The van der Waals surface area contributed by atoms with Gasteiger partial charge in [-0.3, -0.25) is 4.79 Å². The van der Waals surface area contributed by atoms with Crippen LogP contribution >= 0.6 is 11.8 Å². The number of thioether (sulfide) groups is 1. The minimum atomic E-state index is -0.162. The lowest BCUT2D eigenvalue weighted by molar-refractivity contribution is -0.115. The van der Waals surface area contributed by atoms with Gasteiger partial charge in [0.2, 0.25) is 5.91 Å². The fourth-order valence-corrected chi connectivity index (χ4v) is 3.32. The zero-order valence-electron chi connectivity index (χ0n) is 15.4. The van der Waals surface area contributed by atoms with E-state index in [1.807, 2.05) is 17.7 Å².